The Morgan fingerprint density at radius 1 is 1.32 bits per heavy atom. The van der Waals surface area contributed by atoms with Crippen molar-refractivity contribution in [3.05, 3.63) is 30.1 Å². The van der Waals surface area contributed by atoms with Crippen LogP contribution < -0.4 is 5.32 Å². The molecule has 1 saturated carbocycles. The van der Waals surface area contributed by atoms with Crippen molar-refractivity contribution >= 4 is 11.8 Å². The van der Waals surface area contributed by atoms with Gasteiger partial charge in [0, 0.05) is 43.9 Å². The van der Waals surface area contributed by atoms with Crippen LogP contribution in [-0.4, -0.2) is 40.8 Å². The lowest BCUT2D eigenvalue weighted by Gasteiger charge is -2.23. The first kappa shape index (κ1) is 15.0. The fraction of sp³-hybridized carbons (Fsp3) is 0.588. The average Bonchev–Trinajstić information content (AvgIpc) is 3.17. The van der Waals surface area contributed by atoms with E-state index in [-0.39, 0.29) is 17.7 Å². The Labute approximate surface area is 131 Å². The number of amides is 2. The van der Waals surface area contributed by atoms with Gasteiger partial charge in [-0.2, -0.15) is 0 Å². The SMILES string of the molecule is O=C(NCCc1ccccn1)[C@@H]1CC(=O)N(C2CCCC2)C1. The summed E-state index contributed by atoms with van der Waals surface area (Å²) in [6, 6.07) is 6.15. The van der Waals surface area contributed by atoms with E-state index < -0.39 is 0 Å². The predicted octanol–water partition coefficient (Wildman–Crippen LogP) is 1.53. The Morgan fingerprint density at radius 2 is 2.14 bits per heavy atom. The fourth-order valence-corrected chi connectivity index (χ4v) is 3.48. The van der Waals surface area contributed by atoms with Crippen LogP contribution in [0.3, 0.4) is 0 Å². The first-order chi connectivity index (χ1) is 10.7. The standard InChI is InChI=1S/C17H23N3O2/c21-16-11-13(12-20(16)15-6-1-2-7-15)17(22)19-10-8-14-5-3-4-9-18-14/h3-5,9,13,15H,1-2,6-8,10-12H2,(H,19,22)/t13-/m1/s1. The first-order valence-electron chi connectivity index (χ1n) is 8.21. The summed E-state index contributed by atoms with van der Waals surface area (Å²) in [7, 11) is 0. The second-order valence-corrected chi connectivity index (χ2v) is 6.25. The molecule has 0 bridgehead atoms. The zero-order valence-electron chi connectivity index (χ0n) is 12.8. The van der Waals surface area contributed by atoms with Crippen LogP contribution in [0.5, 0.6) is 0 Å². The van der Waals surface area contributed by atoms with E-state index in [4.69, 9.17) is 0 Å². The quantitative estimate of drug-likeness (QED) is 0.897. The third kappa shape index (κ3) is 3.46. The van der Waals surface area contributed by atoms with Crippen molar-refractivity contribution < 1.29 is 9.59 Å². The third-order valence-corrected chi connectivity index (χ3v) is 4.70. The van der Waals surface area contributed by atoms with Crippen LogP contribution in [0, 0.1) is 5.92 Å². The van der Waals surface area contributed by atoms with Crippen LogP contribution >= 0.6 is 0 Å². The van der Waals surface area contributed by atoms with Crippen LogP contribution in [0.1, 0.15) is 37.8 Å². The van der Waals surface area contributed by atoms with Gasteiger partial charge < -0.3 is 10.2 Å². The van der Waals surface area contributed by atoms with Gasteiger partial charge in [0.15, 0.2) is 0 Å². The molecule has 1 atom stereocenters. The number of rotatable bonds is 5. The lowest BCUT2D eigenvalue weighted by molar-refractivity contribution is -0.130. The maximum absolute atomic E-state index is 12.2. The summed E-state index contributed by atoms with van der Waals surface area (Å²) in [6.07, 6.45) is 7.45. The molecule has 1 aromatic rings. The predicted molar refractivity (Wildman–Crippen MR) is 83.0 cm³/mol. The lowest BCUT2D eigenvalue weighted by Crippen LogP contribution is -2.37. The summed E-state index contributed by atoms with van der Waals surface area (Å²) >= 11 is 0. The number of carbonyl (C=O) groups is 2. The van der Waals surface area contributed by atoms with E-state index in [0.29, 0.717) is 25.6 Å². The molecule has 22 heavy (non-hydrogen) atoms. The van der Waals surface area contributed by atoms with E-state index >= 15 is 0 Å². The van der Waals surface area contributed by atoms with E-state index in [1.165, 1.54) is 12.8 Å². The molecule has 2 aliphatic rings. The molecule has 1 N–H and O–H groups in total. The van der Waals surface area contributed by atoms with E-state index in [2.05, 4.69) is 10.3 Å². The molecule has 1 saturated heterocycles. The minimum atomic E-state index is -0.183. The zero-order valence-corrected chi connectivity index (χ0v) is 12.8. The molecule has 5 heteroatoms. The van der Waals surface area contributed by atoms with Gasteiger partial charge in [-0.05, 0) is 25.0 Å². The summed E-state index contributed by atoms with van der Waals surface area (Å²) < 4.78 is 0. The number of likely N-dealkylation sites (tertiary alicyclic amines) is 1. The van der Waals surface area contributed by atoms with Crippen LogP contribution in [0.15, 0.2) is 24.4 Å². The highest BCUT2D eigenvalue weighted by Crippen LogP contribution is 2.29. The van der Waals surface area contributed by atoms with Gasteiger partial charge in [-0.25, -0.2) is 0 Å². The van der Waals surface area contributed by atoms with Gasteiger partial charge in [0.25, 0.3) is 0 Å². The Bertz CT molecular complexity index is 526. The third-order valence-electron chi connectivity index (χ3n) is 4.70. The summed E-state index contributed by atoms with van der Waals surface area (Å²) in [5.41, 5.74) is 0.970. The molecule has 118 valence electrons. The molecular formula is C17H23N3O2. The monoisotopic (exact) mass is 301 g/mol. The zero-order chi connectivity index (χ0) is 15.4. The number of nitrogens with one attached hydrogen (secondary N) is 1. The Kier molecular flexibility index (Phi) is 4.71. The molecule has 0 spiro atoms. The van der Waals surface area contributed by atoms with Crippen LogP contribution in [0.25, 0.3) is 0 Å². The van der Waals surface area contributed by atoms with Gasteiger partial charge in [0.2, 0.25) is 11.8 Å². The molecule has 2 amide bonds. The minimum Gasteiger partial charge on any atom is -0.355 e. The average molecular weight is 301 g/mol. The number of hydrogen-bond donors (Lipinski definition) is 1. The highest BCUT2D eigenvalue weighted by Gasteiger charge is 2.38. The first-order valence-corrected chi connectivity index (χ1v) is 8.21. The van der Waals surface area contributed by atoms with Crippen LogP contribution in [-0.2, 0) is 16.0 Å². The number of pyridine rings is 1. The number of nitrogens with zero attached hydrogens (tertiary/aromatic N) is 2. The van der Waals surface area contributed by atoms with Gasteiger partial charge in [-0.1, -0.05) is 18.9 Å². The van der Waals surface area contributed by atoms with Crippen molar-refractivity contribution in [1.29, 1.82) is 0 Å². The van der Waals surface area contributed by atoms with Gasteiger partial charge in [-0.3, -0.25) is 14.6 Å². The second kappa shape index (κ2) is 6.90. The molecule has 0 aromatic carbocycles. The largest absolute Gasteiger partial charge is 0.355 e. The normalized spacial score (nSPS) is 22.3. The van der Waals surface area contributed by atoms with Crippen molar-refractivity contribution in [3.8, 4) is 0 Å². The fourth-order valence-electron chi connectivity index (χ4n) is 3.48. The molecule has 5 nitrogen and oxygen atoms in total. The second-order valence-electron chi connectivity index (χ2n) is 6.25. The van der Waals surface area contributed by atoms with Gasteiger partial charge in [0.1, 0.15) is 0 Å². The van der Waals surface area contributed by atoms with Crippen molar-refractivity contribution in [1.82, 2.24) is 15.2 Å². The maximum atomic E-state index is 12.2. The molecule has 2 heterocycles. The lowest BCUT2D eigenvalue weighted by atomic mass is 10.1. The van der Waals surface area contributed by atoms with Gasteiger partial charge >= 0.3 is 0 Å². The van der Waals surface area contributed by atoms with Gasteiger partial charge in [-0.15, -0.1) is 0 Å². The Balaban J connectivity index is 1.45. The maximum Gasteiger partial charge on any atom is 0.225 e. The Hall–Kier alpha value is -1.91. The van der Waals surface area contributed by atoms with Gasteiger partial charge in [0.05, 0.1) is 5.92 Å². The minimum absolute atomic E-state index is 0.00442. The van der Waals surface area contributed by atoms with E-state index in [9.17, 15) is 9.59 Å². The smallest absolute Gasteiger partial charge is 0.225 e. The highest BCUT2D eigenvalue weighted by molar-refractivity contribution is 5.89. The van der Waals surface area contributed by atoms with Crippen LogP contribution in [0.4, 0.5) is 0 Å². The molecule has 3 rings (SSSR count). The van der Waals surface area contributed by atoms with Crippen molar-refractivity contribution in [3.63, 3.8) is 0 Å². The molecule has 0 radical (unpaired) electrons. The van der Waals surface area contributed by atoms with Crippen molar-refractivity contribution in [2.24, 2.45) is 5.92 Å². The van der Waals surface area contributed by atoms with Crippen molar-refractivity contribution in [2.75, 3.05) is 13.1 Å². The molecule has 0 unspecified atom stereocenters. The highest BCUT2D eigenvalue weighted by atomic mass is 16.2. The number of aromatic nitrogens is 1. The number of carbonyl (C=O) groups excluding carboxylic acids is 2. The summed E-state index contributed by atoms with van der Waals surface area (Å²) in [4.78, 5) is 30.5. The van der Waals surface area contributed by atoms with E-state index in [0.717, 1.165) is 25.0 Å². The molecule has 2 fully saturated rings. The van der Waals surface area contributed by atoms with Crippen molar-refractivity contribution in [2.45, 2.75) is 44.6 Å². The molecule has 1 aliphatic carbocycles. The summed E-state index contributed by atoms with van der Waals surface area (Å²) in [5, 5.41) is 2.95. The topological polar surface area (TPSA) is 62.3 Å². The number of hydrogen-bond acceptors (Lipinski definition) is 3. The Morgan fingerprint density at radius 3 is 2.86 bits per heavy atom. The summed E-state index contributed by atoms with van der Waals surface area (Å²) in [5.74, 6) is -0.0293. The molecular weight excluding hydrogens is 278 g/mol. The molecule has 1 aliphatic heterocycles. The van der Waals surface area contributed by atoms with E-state index in [1.54, 1.807) is 6.20 Å². The summed E-state index contributed by atoms with van der Waals surface area (Å²) in [6.45, 7) is 1.17. The van der Waals surface area contributed by atoms with Crippen LogP contribution in [0.2, 0.25) is 0 Å². The van der Waals surface area contributed by atoms with E-state index in [1.807, 2.05) is 23.1 Å². The molecule has 1 aromatic heterocycles.